The first-order valence-corrected chi connectivity index (χ1v) is 5.86. The van der Waals surface area contributed by atoms with E-state index in [0.29, 0.717) is 25.3 Å². The summed E-state index contributed by atoms with van der Waals surface area (Å²) in [6, 6.07) is 6.08. The van der Waals surface area contributed by atoms with Crippen LogP contribution in [0.2, 0.25) is 0 Å². The number of nitrogens with zero attached hydrogens (tertiary/aromatic N) is 2. The van der Waals surface area contributed by atoms with E-state index in [1.165, 1.54) is 12.1 Å². The number of oxime groups is 2. The second kappa shape index (κ2) is 8.22. The Morgan fingerprint density at radius 1 is 1.17 bits per heavy atom. The highest BCUT2D eigenvalue weighted by molar-refractivity contribution is 6.06. The van der Waals surface area contributed by atoms with Crippen molar-refractivity contribution < 1.29 is 14.1 Å². The molecule has 0 unspecified atom stereocenters. The van der Waals surface area contributed by atoms with Crippen molar-refractivity contribution in [1.29, 1.82) is 0 Å². The van der Waals surface area contributed by atoms with Gasteiger partial charge in [0.2, 0.25) is 0 Å². The Balaban J connectivity index is 2.75. The Morgan fingerprint density at radius 2 is 1.83 bits per heavy atom. The van der Waals surface area contributed by atoms with Crippen molar-refractivity contribution in [1.82, 2.24) is 0 Å². The van der Waals surface area contributed by atoms with Gasteiger partial charge in [0.05, 0.1) is 5.71 Å². The molecule has 0 saturated heterocycles. The first-order valence-electron chi connectivity index (χ1n) is 5.86. The molecule has 0 aromatic heterocycles. The van der Waals surface area contributed by atoms with Crippen LogP contribution in [0.5, 0.6) is 0 Å². The van der Waals surface area contributed by atoms with Crippen molar-refractivity contribution in [2.24, 2.45) is 10.3 Å². The van der Waals surface area contributed by atoms with Crippen LogP contribution < -0.4 is 0 Å². The molecule has 0 N–H and O–H groups in total. The SMILES string of the molecule is CCO/N=C/C/C(=N\OCC)c1ccc(F)cc1. The molecule has 0 aliphatic carbocycles. The van der Waals surface area contributed by atoms with E-state index >= 15 is 0 Å². The molecular formula is C13H17FN2O2. The lowest BCUT2D eigenvalue weighted by molar-refractivity contribution is 0.157. The standard InChI is InChI=1S/C13H17FN2O2/c1-3-17-15-10-9-13(16-18-4-2)11-5-7-12(14)8-6-11/h5-8,10H,3-4,9H2,1-2H3/b15-10+,16-13+. The maximum absolute atomic E-state index is 12.8. The van der Waals surface area contributed by atoms with E-state index in [1.807, 2.05) is 13.8 Å². The lowest BCUT2D eigenvalue weighted by atomic mass is 10.1. The van der Waals surface area contributed by atoms with Gasteiger partial charge in [-0.15, -0.1) is 0 Å². The van der Waals surface area contributed by atoms with Crippen molar-refractivity contribution in [2.75, 3.05) is 13.2 Å². The number of hydrogen-bond acceptors (Lipinski definition) is 4. The van der Waals surface area contributed by atoms with Gasteiger partial charge < -0.3 is 9.68 Å². The quantitative estimate of drug-likeness (QED) is 0.553. The minimum Gasteiger partial charge on any atom is -0.396 e. The van der Waals surface area contributed by atoms with Crippen LogP contribution in [0.1, 0.15) is 25.8 Å². The minimum atomic E-state index is -0.280. The van der Waals surface area contributed by atoms with Crippen LogP contribution in [0.4, 0.5) is 4.39 Å². The zero-order chi connectivity index (χ0) is 13.2. The summed E-state index contributed by atoms with van der Waals surface area (Å²) in [6.45, 7) is 4.70. The van der Waals surface area contributed by atoms with E-state index in [2.05, 4.69) is 10.3 Å². The van der Waals surface area contributed by atoms with Crippen LogP contribution in [0, 0.1) is 5.82 Å². The van der Waals surface area contributed by atoms with Crippen molar-refractivity contribution in [3.8, 4) is 0 Å². The van der Waals surface area contributed by atoms with Gasteiger partial charge in [-0.25, -0.2) is 4.39 Å². The van der Waals surface area contributed by atoms with Gasteiger partial charge in [0.25, 0.3) is 0 Å². The summed E-state index contributed by atoms with van der Waals surface area (Å²) in [5, 5.41) is 7.73. The summed E-state index contributed by atoms with van der Waals surface area (Å²) in [7, 11) is 0. The number of rotatable bonds is 7. The maximum atomic E-state index is 12.8. The predicted molar refractivity (Wildman–Crippen MR) is 69.3 cm³/mol. The van der Waals surface area contributed by atoms with Crippen molar-refractivity contribution in [3.05, 3.63) is 35.6 Å². The van der Waals surface area contributed by atoms with E-state index in [4.69, 9.17) is 9.68 Å². The summed E-state index contributed by atoms with van der Waals surface area (Å²) in [5.74, 6) is -0.280. The molecule has 0 spiro atoms. The summed E-state index contributed by atoms with van der Waals surface area (Å²) in [4.78, 5) is 9.89. The predicted octanol–water partition coefficient (Wildman–Crippen LogP) is 2.98. The fourth-order valence-corrected chi connectivity index (χ4v) is 1.24. The Labute approximate surface area is 106 Å². The lowest BCUT2D eigenvalue weighted by Crippen LogP contribution is -2.03. The fraction of sp³-hybridized carbons (Fsp3) is 0.385. The van der Waals surface area contributed by atoms with Gasteiger partial charge in [0, 0.05) is 12.6 Å². The summed E-state index contributed by atoms with van der Waals surface area (Å²) in [5.41, 5.74) is 1.48. The van der Waals surface area contributed by atoms with Crippen LogP contribution in [0.25, 0.3) is 0 Å². The number of halogens is 1. The molecule has 0 radical (unpaired) electrons. The second-order valence-electron chi connectivity index (χ2n) is 3.37. The normalized spacial score (nSPS) is 11.8. The van der Waals surface area contributed by atoms with Crippen LogP contribution in [-0.4, -0.2) is 25.1 Å². The molecule has 0 heterocycles. The van der Waals surface area contributed by atoms with E-state index in [9.17, 15) is 4.39 Å². The molecule has 0 bridgehead atoms. The molecule has 98 valence electrons. The average Bonchev–Trinajstić information content (AvgIpc) is 2.39. The third-order valence-corrected chi connectivity index (χ3v) is 2.04. The van der Waals surface area contributed by atoms with Crippen LogP contribution in [0.15, 0.2) is 34.6 Å². The monoisotopic (exact) mass is 252 g/mol. The Morgan fingerprint density at radius 3 is 2.44 bits per heavy atom. The van der Waals surface area contributed by atoms with Crippen LogP contribution in [-0.2, 0) is 9.68 Å². The summed E-state index contributed by atoms with van der Waals surface area (Å²) < 4.78 is 12.8. The third-order valence-electron chi connectivity index (χ3n) is 2.04. The molecule has 0 aliphatic rings. The van der Waals surface area contributed by atoms with E-state index < -0.39 is 0 Å². The largest absolute Gasteiger partial charge is 0.396 e. The van der Waals surface area contributed by atoms with Gasteiger partial charge in [0.15, 0.2) is 0 Å². The zero-order valence-corrected chi connectivity index (χ0v) is 10.6. The molecular weight excluding hydrogens is 235 g/mol. The molecule has 0 fully saturated rings. The molecule has 0 saturated carbocycles. The van der Waals surface area contributed by atoms with E-state index in [1.54, 1.807) is 18.3 Å². The first-order chi connectivity index (χ1) is 8.77. The third kappa shape index (κ3) is 4.95. The van der Waals surface area contributed by atoms with Gasteiger partial charge in [0.1, 0.15) is 19.0 Å². The first kappa shape index (κ1) is 14.2. The number of benzene rings is 1. The smallest absolute Gasteiger partial charge is 0.123 e. The van der Waals surface area contributed by atoms with Crippen molar-refractivity contribution in [3.63, 3.8) is 0 Å². The Hall–Kier alpha value is -1.91. The van der Waals surface area contributed by atoms with Crippen LogP contribution >= 0.6 is 0 Å². The van der Waals surface area contributed by atoms with E-state index in [-0.39, 0.29) is 5.82 Å². The topological polar surface area (TPSA) is 43.2 Å². The van der Waals surface area contributed by atoms with Crippen molar-refractivity contribution >= 4 is 11.9 Å². The molecule has 5 heteroatoms. The Bertz CT molecular complexity index is 402. The highest BCUT2D eigenvalue weighted by Gasteiger charge is 2.03. The molecule has 18 heavy (non-hydrogen) atoms. The van der Waals surface area contributed by atoms with Gasteiger partial charge in [-0.05, 0) is 31.5 Å². The van der Waals surface area contributed by atoms with E-state index in [0.717, 1.165) is 5.56 Å². The highest BCUT2D eigenvalue weighted by Crippen LogP contribution is 2.07. The Kier molecular flexibility index (Phi) is 6.46. The summed E-state index contributed by atoms with van der Waals surface area (Å²) in [6.07, 6.45) is 2.07. The maximum Gasteiger partial charge on any atom is 0.123 e. The summed E-state index contributed by atoms with van der Waals surface area (Å²) >= 11 is 0. The second-order valence-corrected chi connectivity index (χ2v) is 3.37. The lowest BCUT2D eigenvalue weighted by Gasteiger charge is -2.03. The molecule has 4 nitrogen and oxygen atoms in total. The van der Waals surface area contributed by atoms with Gasteiger partial charge in [-0.1, -0.05) is 22.4 Å². The molecule has 0 amide bonds. The molecule has 1 rings (SSSR count). The highest BCUT2D eigenvalue weighted by atomic mass is 19.1. The molecule has 1 aromatic carbocycles. The molecule has 0 aliphatic heterocycles. The van der Waals surface area contributed by atoms with Gasteiger partial charge in [-0.3, -0.25) is 0 Å². The van der Waals surface area contributed by atoms with Gasteiger partial charge in [-0.2, -0.15) is 0 Å². The molecule has 1 aromatic rings. The van der Waals surface area contributed by atoms with Crippen molar-refractivity contribution in [2.45, 2.75) is 20.3 Å². The average molecular weight is 252 g/mol. The van der Waals surface area contributed by atoms with Gasteiger partial charge >= 0.3 is 0 Å². The van der Waals surface area contributed by atoms with Crippen LogP contribution in [0.3, 0.4) is 0 Å². The minimum absolute atomic E-state index is 0.280. The molecule has 0 atom stereocenters. The number of hydrogen-bond donors (Lipinski definition) is 0. The zero-order valence-electron chi connectivity index (χ0n) is 10.6. The fourth-order valence-electron chi connectivity index (χ4n) is 1.24.